The van der Waals surface area contributed by atoms with Crippen molar-refractivity contribution in [3.05, 3.63) is 41.8 Å². The van der Waals surface area contributed by atoms with E-state index in [1.165, 1.54) is 0 Å². The summed E-state index contributed by atoms with van der Waals surface area (Å²) in [6.45, 7) is -0.0348. The van der Waals surface area contributed by atoms with Gasteiger partial charge in [0.25, 0.3) is 0 Å². The van der Waals surface area contributed by atoms with Crippen LogP contribution in [0.3, 0.4) is 0 Å². The van der Waals surface area contributed by atoms with Crippen LogP contribution in [0.15, 0.2) is 20.5 Å². The van der Waals surface area contributed by atoms with E-state index >= 15 is 0 Å². The van der Waals surface area contributed by atoms with E-state index in [9.17, 15) is 9.59 Å². The van der Waals surface area contributed by atoms with Crippen molar-refractivity contribution in [1.82, 2.24) is 0 Å². The van der Waals surface area contributed by atoms with E-state index in [2.05, 4.69) is 40.1 Å². The molecular weight excluding hydrogens is 364 g/mol. The van der Waals surface area contributed by atoms with Crippen LogP contribution in [0.2, 0.25) is 0 Å². The molecule has 2 atom stereocenters. The van der Waals surface area contributed by atoms with Gasteiger partial charge in [-0.25, -0.2) is 0 Å². The largest absolute Gasteiger partial charge is 0.456 e. The molecule has 0 spiro atoms. The fourth-order valence-electron chi connectivity index (χ4n) is 1.62. The van der Waals surface area contributed by atoms with Crippen molar-refractivity contribution in [1.29, 1.82) is 0 Å². The molecule has 0 aromatic rings. The molecule has 0 saturated carbocycles. The third-order valence-corrected chi connectivity index (χ3v) is 2.74. The first-order chi connectivity index (χ1) is 13.1. The normalized spacial score (nSPS) is 11.3. The van der Waals surface area contributed by atoms with Gasteiger partial charge in [-0.05, 0) is 51.6 Å². The Bertz CT molecular complexity index is 627. The molecule has 2 unspecified atom stereocenters. The number of carbonyl (C=O) groups excluding carboxylic acids is 2. The molecule has 0 aliphatic heterocycles. The molecule has 0 radical (unpaired) electrons. The average Bonchev–Trinajstić information content (AvgIpc) is 2.62. The van der Waals surface area contributed by atoms with Crippen LogP contribution in [0, 0.1) is 0 Å². The van der Waals surface area contributed by atoms with Gasteiger partial charge in [0.1, 0.15) is 0 Å². The predicted octanol–water partition coefficient (Wildman–Crippen LogP) is 3.92. The Balaban J connectivity index is 4.29. The Morgan fingerprint density at radius 2 is 1.15 bits per heavy atom. The number of ether oxygens (including phenoxy) is 2. The summed E-state index contributed by atoms with van der Waals surface area (Å²) >= 11 is 0. The van der Waals surface area contributed by atoms with E-state index in [4.69, 9.17) is 31.6 Å². The molecule has 0 amide bonds. The van der Waals surface area contributed by atoms with E-state index in [1.54, 1.807) is 0 Å². The van der Waals surface area contributed by atoms with Gasteiger partial charge in [-0.1, -0.05) is 10.2 Å². The summed E-state index contributed by atoms with van der Waals surface area (Å²) in [5.41, 5.74) is 33.1. The zero-order valence-electron chi connectivity index (χ0n) is 14.1. The van der Waals surface area contributed by atoms with Crippen molar-refractivity contribution < 1.29 is 19.1 Å². The highest BCUT2D eigenvalue weighted by atomic mass is 16.6. The van der Waals surface area contributed by atoms with Crippen molar-refractivity contribution in [3.63, 3.8) is 0 Å². The average molecular weight is 380 g/mol. The molecule has 0 aliphatic carbocycles. The van der Waals surface area contributed by atoms with Gasteiger partial charge in [-0.3, -0.25) is 9.59 Å². The Labute approximate surface area is 151 Å². The Morgan fingerprint density at radius 3 is 1.48 bits per heavy atom. The molecule has 0 heterocycles. The quantitative estimate of drug-likeness (QED) is 0.188. The van der Waals surface area contributed by atoms with Crippen LogP contribution in [0.5, 0.6) is 0 Å². The second kappa shape index (κ2) is 15.7. The van der Waals surface area contributed by atoms with E-state index in [-0.39, 0.29) is 45.2 Å². The van der Waals surface area contributed by atoms with E-state index < -0.39 is 24.4 Å². The summed E-state index contributed by atoms with van der Waals surface area (Å²) in [7, 11) is 0. The molecule has 0 aliphatic rings. The van der Waals surface area contributed by atoms with Crippen molar-refractivity contribution in [2.45, 2.75) is 44.6 Å². The van der Waals surface area contributed by atoms with Crippen LogP contribution in [0.4, 0.5) is 0 Å². The molecule has 144 valence electrons. The molecule has 0 saturated heterocycles. The van der Waals surface area contributed by atoms with Gasteiger partial charge in [-0.2, -0.15) is 0 Å². The van der Waals surface area contributed by atoms with Crippen LogP contribution in [-0.4, -0.2) is 37.5 Å². The molecule has 0 bridgehead atoms. The summed E-state index contributed by atoms with van der Waals surface area (Å²) in [6.07, 6.45) is -2.40. The topological polar surface area (TPSA) is 248 Å². The third kappa shape index (κ3) is 13.2. The minimum absolute atomic E-state index is 0.0174. The monoisotopic (exact) mass is 380 g/mol. The number of nitrogens with zero attached hydrogens (tertiary/aromatic N) is 12. The first-order valence-corrected chi connectivity index (χ1v) is 7.56. The second-order valence-electron chi connectivity index (χ2n) is 4.64. The van der Waals surface area contributed by atoms with Gasteiger partial charge in [-0.15, -0.1) is 0 Å². The van der Waals surface area contributed by atoms with Gasteiger partial charge in [0.2, 0.25) is 0 Å². The maximum atomic E-state index is 11.7. The van der Waals surface area contributed by atoms with Crippen LogP contribution >= 0.6 is 0 Å². The van der Waals surface area contributed by atoms with Crippen LogP contribution in [0.1, 0.15) is 32.1 Å². The molecule has 0 N–H and O–H groups in total. The number of rotatable bonds is 14. The minimum Gasteiger partial charge on any atom is -0.456 e. The minimum atomic E-state index is -1.12. The molecule has 16 nitrogen and oxygen atoms in total. The maximum Gasteiger partial charge on any atom is 0.306 e. The summed E-state index contributed by atoms with van der Waals surface area (Å²) in [6, 6.07) is 0. The molecule has 16 heteroatoms. The zero-order chi connectivity index (χ0) is 20.3. The Morgan fingerprint density at radius 1 is 0.741 bits per heavy atom. The van der Waals surface area contributed by atoms with E-state index in [0.29, 0.717) is 0 Å². The highest BCUT2D eigenvalue weighted by Crippen LogP contribution is 2.09. The lowest BCUT2D eigenvalue weighted by Crippen LogP contribution is -2.18. The lowest BCUT2D eigenvalue weighted by atomic mass is 10.2. The van der Waals surface area contributed by atoms with Crippen molar-refractivity contribution in [2.24, 2.45) is 20.5 Å². The van der Waals surface area contributed by atoms with Gasteiger partial charge >= 0.3 is 11.9 Å². The summed E-state index contributed by atoms with van der Waals surface area (Å²) in [5.74, 6) is -1.42. The second-order valence-corrected chi connectivity index (χ2v) is 4.64. The van der Waals surface area contributed by atoms with Crippen LogP contribution in [0.25, 0.3) is 41.8 Å². The number of hydrogen-bond acceptors (Lipinski definition) is 8. The standard InChI is InChI=1S/C11H16N12O4/c12-20-16-6-4-8(18-22-14)26-10(24)2-1-3-11(25)27-9(19-23-15)5-7-17-21-13/h8-9H,1-7H2. The molecular formula is C11H16N12O4. The third-order valence-electron chi connectivity index (χ3n) is 2.74. The number of hydrogen-bond donors (Lipinski definition) is 0. The van der Waals surface area contributed by atoms with E-state index in [1.807, 2.05) is 0 Å². The Hall–Kier alpha value is -3.82. The smallest absolute Gasteiger partial charge is 0.306 e. The number of esters is 2. The highest BCUT2D eigenvalue weighted by Gasteiger charge is 2.15. The van der Waals surface area contributed by atoms with Gasteiger partial charge < -0.3 is 9.47 Å². The first kappa shape index (κ1) is 23.2. The van der Waals surface area contributed by atoms with Gasteiger partial charge in [0.05, 0.1) is 0 Å². The summed E-state index contributed by atoms with van der Waals surface area (Å²) in [4.78, 5) is 33.4. The van der Waals surface area contributed by atoms with E-state index in [0.717, 1.165) is 0 Å². The molecule has 0 rings (SSSR count). The van der Waals surface area contributed by atoms with Gasteiger partial charge in [0.15, 0.2) is 12.5 Å². The van der Waals surface area contributed by atoms with Crippen LogP contribution < -0.4 is 0 Å². The number of carbonyl (C=O) groups is 2. The summed E-state index contributed by atoms with van der Waals surface area (Å²) < 4.78 is 9.79. The fourth-order valence-corrected chi connectivity index (χ4v) is 1.62. The lowest BCUT2D eigenvalue weighted by Gasteiger charge is -2.12. The molecule has 0 aromatic carbocycles. The van der Waals surface area contributed by atoms with Crippen LogP contribution in [-0.2, 0) is 19.1 Å². The van der Waals surface area contributed by atoms with Gasteiger partial charge in [0, 0.05) is 45.6 Å². The summed E-state index contributed by atoms with van der Waals surface area (Å²) in [5, 5.41) is 13.0. The van der Waals surface area contributed by atoms with Crippen molar-refractivity contribution in [3.8, 4) is 0 Å². The highest BCUT2D eigenvalue weighted by molar-refractivity contribution is 5.72. The predicted molar refractivity (Wildman–Crippen MR) is 89.2 cm³/mol. The molecule has 0 aromatic heterocycles. The lowest BCUT2D eigenvalue weighted by molar-refractivity contribution is -0.150. The Kier molecular flexibility index (Phi) is 13.5. The zero-order valence-corrected chi connectivity index (χ0v) is 14.1. The fraction of sp³-hybridized carbons (Fsp3) is 0.818. The van der Waals surface area contributed by atoms with Crippen molar-refractivity contribution in [2.75, 3.05) is 13.1 Å². The first-order valence-electron chi connectivity index (χ1n) is 7.56. The molecule has 0 fully saturated rings. The number of azide groups is 4. The SMILES string of the molecule is [N-]=[N+]=NCCC(N=[N+]=[N-])OC(=O)CCCC(=O)OC(CCN=[N+]=[N-])N=[N+]=[N-]. The van der Waals surface area contributed by atoms with Crippen molar-refractivity contribution >= 4 is 11.9 Å². The molecule has 27 heavy (non-hydrogen) atoms. The maximum absolute atomic E-state index is 11.7.